The fourth-order valence-corrected chi connectivity index (χ4v) is 3.92. The molecule has 3 aromatic rings. The maximum absolute atomic E-state index is 12.2. The van der Waals surface area contributed by atoms with Crippen LogP contribution in [0.5, 0.6) is 0 Å². The summed E-state index contributed by atoms with van der Waals surface area (Å²) in [6.45, 7) is 5.60. The zero-order valence-corrected chi connectivity index (χ0v) is 18.5. The van der Waals surface area contributed by atoms with Gasteiger partial charge in [-0.2, -0.15) is 0 Å². The maximum atomic E-state index is 12.2. The molecule has 2 heterocycles. The van der Waals surface area contributed by atoms with Crippen molar-refractivity contribution in [2.45, 2.75) is 13.3 Å². The molecule has 1 aromatic heterocycles. The number of hydrogen-bond acceptors (Lipinski definition) is 6. The van der Waals surface area contributed by atoms with Gasteiger partial charge in [0.15, 0.2) is 0 Å². The summed E-state index contributed by atoms with van der Waals surface area (Å²) in [6, 6.07) is 13.7. The van der Waals surface area contributed by atoms with E-state index in [2.05, 4.69) is 22.0 Å². The molecule has 8 nitrogen and oxygen atoms in total. The molecule has 0 radical (unpaired) electrons. The molecule has 0 spiro atoms. The topological polar surface area (TPSA) is 76.9 Å². The van der Waals surface area contributed by atoms with Crippen LogP contribution in [-0.2, 0) is 14.3 Å². The number of benzene rings is 2. The van der Waals surface area contributed by atoms with Crippen LogP contribution in [0.25, 0.3) is 16.7 Å². The smallest absolute Gasteiger partial charge is 0.338 e. The molecule has 2 aromatic carbocycles. The normalized spacial score (nSPS) is 14.1. The van der Waals surface area contributed by atoms with Gasteiger partial charge in [0.1, 0.15) is 12.9 Å². The van der Waals surface area contributed by atoms with Crippen LogP contribution >= 0.6 is 0 Å². The molecule has 1 amide bonds. The number of hydrogen-bond donors (Lipinski definition) is 0. The number of esters is 1. The molecule has 1 aliphatic heterocycles. The lowest BCUT2D eigenvalue weighted by atomic mass is 10.2. The first-order chi connectivity index (χ1) is 15.6. The van der Waals surface area contributed by atoms with E-state index < -0.39 is 0 Å². The van der Waals surface area contributed by atoms with Crippen LogP contribution in [0.15, 0.2) is 48.8 Å². The number of nitrogens with zero attached hydrogens (tertiary/aromatic N) is 4. The van der Waals surface area contributed by atoms with Crippen molar-refractivity contribution in [2.75, 3.05) is 51.4 Å². The number of piperazine rings is 1. The van der Waals surface area contributed by atoms with Crippen LogP contribution in [0.2, 0.25) is 0 Å². The standard InChI is InChI=1S/C24H28N4O4/c1-3-23(29)27-11-9-26(10-12-27)19-5-4-6-20(16-19)28-17-25-21-15-18(7-8-22(21)28)24(30)32-14-13-31-2/h4-8,15-17H,3,9-14H2,1-2H3. The van der Waals surface area contributed by atoms with Crippen LogP contribution in [-0.4, -0.2) is 72.8 Å². The molecule has 1 aliphatic rings. The predicted octanol–water partition coefficient (Wildman–Crippen LogP) is 2.89. The average molecular weight is 437 g/mol. The minimum Gasteiger partial charge on any atom is -0.460 e. The van der Waals surface area contributed by atoms with Crippen molar-refractivity contribution in [2.24, 2.45) is 0 Å². The monoisotopic (exact) mass is 436 g/mol. The Morgan fingerprint density at radius 3 is 2.53 bits per heavy atom. The van der Waals surface area contributed by atoms with Crippen molar-refractivity contribution in [3.05, 3.63) is 54.4 Å². The second-order valence-electron chi connectivity index (χ2n) is 7.69. The maximum Gasteiger partial charge on any atom is 0.338 e. The molecule has 32 heavy (non-hydrogen) atoms. The SMILES string of the molecule is CCC(=O)N1CCN(c2cccc(-n3cnc4cc(C(=O)OCCOC)ccc43)c2)CC1. The van der Waals surface area contributed by atoms with E-state index in [1.165, 1.54) is 0 Å². The van der Waals surface area contributed by atoms with Gasteiger partial charge in [-0.25, -0.2) is 9.78 Å². The summed E-state index contributed by atoms with van der Waals surface area (Å²) in [5.74, 6) is -0.175. The molecular formula is C24H28N4O4. The third-order valence-electron chi connectivity index (χ3n) is 5.71. The van der Waals surface area contributed by atoms with Gasteiger partial charge in [0, 0.05) is 51.1 Å². The van der Waals surface area contributed by atoms with E-state index in [1.807, 2.05) is 34.6 Å². The van der Waals surface area contributed by atoms with Gasteiger partial charge < -0.3 is 19.3 Å². The molecule has 1 saturated heterocycles. The Bertz CT molecular complexity index is 1100. The Labute approximate surface area is 187 Å². The summed E-state index contributed by atoms with van der Waals surface area (Å²) < 4.78 is 12.1. The zero-order chi connectivity index (χ0) is 22.5. The Morgan fingerprint density at radius 2 is 1.78 bits per heavy atom. The first kappa shape index (κ1) is 21.8. The lowest BCUT2D eigenvalue weighted by molar-refractivity contribution is -0.131. The van der Waals surface area contributed by atoms with Crippen molar-refractivity contribution in [1.82, 2.24) is 14.5 Å². The van der Waals surface area contributed by atoms with E-state index in [1.54, 1.807) is 25.6 Å². The molecule has 8 heteroatoms. The molecule has 0 atom stereocenters. The van der Waals surface area contributed by atoms with Gasteiger partial charge in [-0.15, -0.1) is 0 Å². The first-order valence-electron chi connectivity index (χ1n) is 10.9. The second kappa shape index (κ2) is 9.82. The Hall–Kier alpha value is -3.39. The highest BCUT2D eigenvalue weighted by Gasteiger charge is 2.20. The van der Waals surface area contributed by atoms with E-state index in [9.17, 15) is 9.59 Å². The summed E-state index contributed by atoms with van der Waals surface area (Å²) >= 11 is 0. The number of anilines is 1. The van der Waals surface area contributed by atoms with E-state index in [0.717, 1.165) is 48.6 Å². The fourth-order valence-electron chi connectivity index (χ4n) is 3.92. The molecule has 0 unspecified atom stereocenters. The van der Waals surface area contributed by atoms with E-state index in [0.29, 0.717) is 18.6 Å². The van der Waals surface area contributed by atoms with Crippen molar-refractivity contribution < 1.29 is 19.1 Å². The van der Waals surface area contributed by atoms with Gasteiger partial charge in [0.25, 0.3) is 0 Å². The summed E-state index contributed by atoms with van der Waals surface area (Å²) in [6.07, 6.45) is 2.32. The molecule has 168 valence electrons. The number of ether oxygens (including phenoxy) is 2. The van der Waals surface area contributed by atoms with Crippen LogP contribution in [0.1, 0.15) is 23.7 Å². The molecule has 0 N–H and O–H groups in total. The van der Waals surface area contributed by atoms with Crippen molar-refractivity contribution >= 4 is 28.6 Å². The second-order valence-corrected chi connectivity index (χ2v) is 7.69. The number of amides is 1. The first-order valence-corrected chi connectivity index (χ1v) is 10.9. The minimum atomic E-state index is -0.388. The third-order valence-corrected chi connectivity index (χ3v) is 5.71. The highest BCUT2D eigenvalue weighted by atomic mass is 16.6. The van der Waals surface area contributed by atoms with Crippen LogP contribution < -0.4 is 4.90 Å². The van der Waals surface area contributed by atoms with Gasteiger partial charge in [-0.1, -0.05) is 13.0 Å². The highest BCUT2D eigenvalue weighted by molar-refractivity contribution is 5.94. The van der Waals surface area contributed by atoms with Gasteiger partial charge >= 0.3 is 5.97 Å². The number of methoxy groups -OCH3 is 1. The lowest BCUT2D eigenvalue weighted by Crippen LogP contribution is -2.48. The molecule has 0 aliphatic carbocycles. The molecule has 0 bridgehead atoms. The molecule has 4 rings (SSSR count). The number of fused-ring (bicyclic) bond motifs is 1. The molecule has 0 saturated carbocycles. The van der Waals surface area contributed by atoms with Gasteiger partial charge in [0.2, 0.25) is 5.91 Å². The van der Waals surface area contributed by atoms with Crippen LogP contribution in [0.3, 0.4) is 0 Å². The van der Waals surface area contributed by atoms with Crippen molar-refractivity contribution in [3.8, 4) is 5.69 Å². The van der Waals surface area contributed by atoms with E-state index >= 15 is 0 Å². The summed E-state index contributed by atoms with van der Waals surface area (Å²) in [4.78, 5) is 32.9. The number of imidazole rings is 1. The summed E-state index contributed by atoms with van der Waals surface area (Å²) in [5.41, 5.74) is 4.21. The lowest BCUT2D eigenvalue weighted by Gasteiger charge is -2.36. The number of aromatic nitrogens is 2. The minimum absolute atomic E-state index is 0.213. The summed E-state index contributed by atoms with van der Waals surface area (Å²) in [7, 11) is 1.56. The van der Waals surface area contributed by atoms with Gasteiger partial charge in [-0.05, 0) is 36.4 Å². The zero-order valence-electron chi connectivity index (χ0n) is 18.5. The van der Waals surface area contributed by atoms with Crippen molar-refractivity contribution in [3.63, 3.8) is 0 Å². The highest BCUT2D eigenvalue weighted by Crippen LogP contribution is 2.24. The largest absolute Gasteiger partial charge is 0.460 e. The van der Waals surface area contributed by atoms with Crippen LogP contribution in [0.4, 0.5) is 5.69 Å². The predicted molar refractivity (Wildman–Crippen MR) is 122 cm³/mol. The Kier molecular flexibility index (Phi) is 6.70. The summed E-state index contributed by atoms with van der Waals surface area (Å²) in [5, 5.41) is 0. The molecule has 1 fully saturated rings. The van der Waals surface area contributed by atoms with Gasteiger partial charge in [-0.3, -0.25) is 9.36 Å². The third kappa shape index (κ3) is 4.60. The average Bonchev–Trinajstić information content (AvgIpc) is 3.27. The Balaban J connectivity index is 1.51. The van der Waals surface area contributed by atoms with E-state index in [4.69, 9.17) is 9.47 Å². The number of rotatable bonds is 7. The number of carbonyl (C=O) groups is 2. The quantitative estimate of drug-likeness (QED) is 0.419. The number of carbonyl (C=O) groups excluding carboxylic acids is 2. The van der Waals surface area contributed by atoms with Gasteiger partial charge in [0.05, 0.1) is 23.2 Å². The van der Waals surface area contributed by atoms with Crippen molar-refractivity contribution in [1.29, 1.82) is 0 Å². The van der Waals surface area contributed by atoms with E-state index in [-0.39, 0.29) is 18.5 Å². The van der Waals surface area contributed by atoms with Crippen LogP contribution in [0, 0.1) is 0 Å². The fraction of sp³-hybridized carbons (Fsp3) is 0.375. The molecular weight excluding hydrogens is 408 g/mol. The Morgan fingerprint density at radius 1 is 1.00 bits per heavy atom.